The van der Waals surface area contributed by atoms with Gasteiger partial charge in [-0.3, -0.25) is 0 Å². The van der Waals surface area contributed by atoms with Crippen molar-refractivity contribution in [1.82, 2.24) is 9.97 Å². The Morgan fingerprint density at radius 2 is 1.68 bits per heavy atom. The molecule has 1 N–H and O–H groups in total. The van der Waals surface area contributed by atoms with Crippen LogP contribution in [0, 0.1) is 6.92 Å². The predicted molar refractivity (Wildman–Crippen MR) is 91.0 cm³/mol. The number of hydrogen-bond acceptors (Lipinski definition) is 1. The molecule has 3 aromatic rings. The van der Waals surface area contributed by atoms with Gasteiger partial charge in [-0.2, -0.15) is 0 Å². The van der Waals surface area contributed by atoms with Gasteiger partial charge in [0.25, 0.3) is 0 Å². The Bertz CT molecular complexity index is 669. The second-order valence-electron chi connectivity index (χ2n) is 5.84. The van der Waals surface area contributed by atoms with E-state index in [1.165, 1.54) is 22.4 Å². The molecule has 22 heavy (non-hydrogen) atoms. The number of aromatic amines is 1. The molecule has 2 heteroatoms. The van der Waals surface area contributed by atoms with Crippen molar-refractivity contribution in [1.29, 1.82) is 0 Å². The highest BCUT2D eigenvalue weighted by atomic mass is 14.9. The van der Waals surface area contributed by atoms with Gasteiger partial charge in [-0.25, -0.2) is 4.98 Å². The SMILES string of the molecule is Cc1ccc(C(CCCc2cnc[nH]2)c2ccccc2)cc1. The monoisotopic (exact) mass is 290 g/mol. The number of H-pyrrole nitrogens is 1. The minimum absolute atomic E-state index is 0.463. The Morgan fingerprint density at radius 1 is 0.955 bits per heavy atom. The number of imidazole rings is 1. The number of benzene rings is 2. The fourth-order valence-corrected chi connectivity index (χ4v) is 2.93. The van der Waals surface area contributed by atoms with Crippen molar-refractivity contribution >= 4 is 0 Å². The lowest BCUT2D eigenvalue weighted by molar-refractivity contribution is 0.656. The number of nitrogens with zero attached hydrogens (tertiary/aromatic N) is 1. The van der Waals surface area contributed by atoms with Crippen molar-refractivity contribution in [2.75, 3.05) is 0 Å². The van der Waals surface area contributed by atoms with Crippen LogP contribution < -0.4 is 0 Å². The Morgan fingerprint density at radius 3 is 2.36 bits per heavy atom. The number of aryl methyl sites for hydroxylation is 2. The number of rotatable bonds is 6. The van der Waals surface area contributed by atoms with Crippen LogP contribution in [0.1, 0.15) is 41.1 Å². The van der Waals surface area contributed by atoms with E-state index in [0.717, 1.165) is 19.3 Å². The van der Waals surface area contributed by atoms with Crippen molar-refractivity contribution in [2.24, 2.45) is 0 Å². The third-order valence-electron chi connectivity index (χ3n) is 4.18. The molecule has 112 valence electrons. The molecule has 0 aliphatic rings. The third-order valence-corrected chi connectivity index (χ3v) is 4.18. The molecule has 1 heterocycles. The molecular formula is C20H22N2. The van der Waals surface area contributed by atoms with E-state index in [9.17, 15) is 0 Å². The number of aromatic nitrogens is 2. The van der Waals surface area contributed by atoms with Crippen LogP contribution in [0.4, 0.5) is 0 Å². The quantitative estimate of drug-likeness (QED) is 0.689. The summed E-state index contributed by atoms with van der Waals surface area (Å²) >= 11 is 0. The third kappa shape index (κ3) is 3.64. The molecule has 0 fully saturated rings. The molecule has 2 nitrogen and oxygen atoms in total. The van der Waals surface area contributed by atoms with Crippen LogP contribution in [0.3, 0.4) is 0 Å². The van der Waals surface area contributed by atoms with Gasteiger partial charge in [-0.1, -0.05) is 60.2 Å². The standard InChI is InChI=1S/C20H22N2/c1-16-10-12-18(13-11-16)20(17-6-3-2-4-7-17)9-5-8-19-14-21-15-22-19/h2-4,6-7,10-15,20H,5,8-9H2,1H3,(H,21,22). The maximum Gasteiger partial charge on any atom is 0.0921 e. The fraction of sp³-hybridized carbons (Fsp3) is 0.250. The van der Waals surface area contributed by atoms with E-state index >= 15 is 0 Å². The molecule has 2 aromatic carbocycles. The highest BCUT2D eigenvalue weighted by molar-refractivity contribution is 5.33. The van der Waals surface area contributed by atoms with Gasteiger partial charge in [0.2, 0.25) is 0 Å². The lowest BCUT2D eigenvalue weighted by atomic mass is 9.86. The number of nitrogens with one attached hydrogen (secondary N) is 1. The smallest absolute Gasteiger partial charge is 0.0921 e. The molecule has 1 aromatic heterocycles. The van der Waals surface area contributed by atoms with Crippen molar-refractivity contribution in [3.63, 3.8) is 0 Å². The lowest BCUT2D eigenvalue weighted by Crippen LogP contribution is -2.02. The largest absolute Gasteiger partial charge is 0.348 e. The van der Waals surface area contributed by atoms with Crippen LogP contribution in [-0.4, -0.2) is 9.97 Å². The van der Waals surface area contributed by atoms with E-state index in [4.69, 9.17) is 0 Å². The van der Waals surface area contributed by atoms with Crippen LogP contribution in [0.2, 0.25) is 0 Å². The van der Waals surface area contributed by atoms with Crippen molar-refractivity contribution in [3.05, 3.63) is 89.5 Å². The van der Waals surface area contributed by atoms with E-state index in [1.54, 1.807) is 6.33 Å². The lowest BCUT2D eigenvalue weighted by Gasteiger charge is -2.18. The zero-order chi connectivity index (χ0) is 15.2. The topological polar surface area (TPSA) is 28.7 Å². The van der Waals surface area contributed by atoms with Crippen molar-refractivity contribution in [2.45, 2.75) is 32.1 Å². The molecule has 1 unspecified atom stereocenters. The molecule has 3 rings (SSSR count). The summed E-state index contributed by atoms with van der Waals surface area (Å²) in [6.45, 7) is 2.14. The highest BCUT2D eigenvalue weighted by Crippen LogP contribution is 2.29. The summed E-state index contributed by atoms with van der Waals surface area (Å²) in [5.74, 6) is 0.463. The van der Waals surface area contributed by atoms with Gasteiger partial charge in [0, 0.05) is 17.8 Å². The summed E-state index contributed by atoms with van der Waals surface area (Å²) < 4.78 is 0. The first-order valence-electron chi connectivity index (χ1n) is 7.91. The van der Waals surface area contributed by atoms with Crippen LogP contribution in [0.15, 0.2) is 67.1 Å². The average molecular weight is 290 g/mol. The van der Waals surface area contributed by atoms with Gasteiger partial charge in [0.1, 0.15) is 0 Å². The van der Waals surface area contributed by atoms with E-state index in [1.807, 2.05) is 6.20 Å². The fourth-order valence-electron chi connectivity index (χ4n) is 2.93. The Hall–Kier alpha value is -2.35. The van der Waals surface area contributed by atoms with Gasteiger partial charge in [0.05, 0.1) is 6.33 Å². The summed E-state index contributed by atoms with van der Waals surface area (Å²) in [6, 6.07) is 19.8. The predicted octanol–water partition coefficient (Wildman–Crippen LogP) is 4.87. The maximum absolute atomic E-state index is 4.09. The second-order valence-corrected chi connectivity index (χ2v) is 5.84. The number of hydrogen-bond donors (Lipinski definition) is 1. The molecule has 0 aliphatic heterocycles. The van der Waals surface area contributed by atoms with Gasteiger partial charge in [-0.15, -0.1) is 0 Å². The molecule has 0 spiro atoms. The molecule has 0 saturated heterocycles. The summed E-state index contributed by atoms with van der Waals surface area (Å²) in [7, 11) is 0. The Labute approximate surface area is 132 Å². The first-order valence-corrected chi connectivity index (χ1v) is 7.91. The van der Waals surface area contributed by atoms with Gasteiger partial charge >= 0.3 is 0 Å². The highest BCUT2D eigenvalue weighted by Gasteiger charge is 2.13. The first-order chi connectivity index (χ1) is 10.8. The van der Waals surface area contributed by atoms with E-state index in [0.29, 0.717) is 5.92 Å². The minimum Gasteiger partial charge on any atom is -0.348 e. The van der Waals surface area contributed by atoms with E-state index in [-0.39, 0.29) is 0 Å². The normalized spacial score (nSPS) is 12.2. The second kappa shape index (κ2) is 7.08. The first kappa shape index (κ1) is 14.6. The van der Waals surface area contributed by atoms with Crippen molar-refractivity contribution < 1.29 is 0 Å². The van der Waals surface area contributed by atoms with Crippen LogP contribution in [0.5, 0.6) is 0 Å². The summed E-state index contributed by atoms with van der Waals surface area (Å²) in [5, 5.41) is 0. The summed E-state index contributed by atoms with van der Waals surface area (Å²) in [5.41, 5.74) is 5.33. The molecular weight excluding hydrogens is 268 g/mol. The van der Waals surface area contributed by atoms with Gasteiger partial charge in [0.15, 0.2) is 0 Å². The molecule has 0 radical (unpaired) electrons. The minimum atomic E-state index is 0.463. The van der Waals surface area contributed by atoms with Crippen LogP contribution in [0.25, 0.3) is 0 Å². The molecule has 0 amide bonds. The molecule has 1 atom stereocenters. The van der Waals surface area contributed by atoms with Gasteiger partial charge in [-0.05, 0) is 37.3 Å². The molecule has 0 bridgehead atoms. The Balaban J connectivity index is 1.75. The zero-order valence-corrected chi connectivity index (χ0v) is 13.0. The van der Waals surface area contributed by atoms with Gasteiger partial charge < -0.3 is 4.98 Å². The molecule has 0 aliphatic carbocycles. The van der Waals surface area contributed by atoms with Crippen molar-refractivity contribution in [3.8, 4) is 0 Å². The van der Waals surface area contributed by atoms with E-state index in [2.05, 4.69) is 71.5 Å². The van der Waals surface area contributed by atoms with Crippen LogP contribution >= 0.6 is 0 Å². The van der Waals surface area contributed by atoms with Crippen LogP contribution in [-0.2, 0) is 6.42 Å². The average Bonchev–Trinajstić information content (AvgIpc) is 3.07. The summed E-state index contributed by atoms with van der Waals surface area (Å²) in [4.78, 5) is 7.28. The zero-order valence-electron chi connectivity index (χ0n) is 13.0. The maximum atomic E-state index is 4.09. The molecule has 0 saturated carbocycles. The Kier molecular flexibility index (Phi) is 4.69. The summed E-state index contributed by atoms with van der Waals surface area (Å²) in [6.07, 6.45) is 7.02. The van der Waals surface area contributed by atoms with E-state index < -0.39 is 0 Å².